The number of carbonyl (C=O) groups is 1. The third-order valence-electron chi connectivity index (χ3n) is 6.72. The van der Waals surface area contributed by atoms with E-state index in [1.165, 1.54) is 10.4 Å². The largest absolute Gasteiger partial charge is 0.404 e. The Morgan fingerprint density at radius 3 is 2.14 bits per heavy atom. The van der Waals surface area contributed by atoms with E-state index in [-0.39, 0.29) is 35.4 Å². The summed E-state index contributed by atoms with van der Waals surface area (Å²) in [6.07, 6.45) is 7.66. The maximum Gasteiger partial charge on any atom is 0.261 e. The average molecular weight is 499 g/mol. The van der Waals surface area contributed by atoms with Crippen LogP contribution in [-0.2, 0) is 14.0 Å². The normalized spacial score (nSPS) is 20.4. The minimum atomic E-state index is -2.68. The number of Topliss-reactive ketones (excluding diaryl/α,β-unsaturated/α-hetero) is 1. The summed E-state index contributed by atoms with van der Waals surface area (Å²) < 4.78 is 13.6. The van der Waals surface area contributed by atoms with Gasteiger partial charge in [-0.25, -0.2) is 0 Å². The first kappa shape index (κ1) is 27.6. The van der Waals surface area contributed by atoms with Gasteiger partial charge in [-0.15, -0.1) is 0 Å². The quantitative estimate of drug-likeness (QED) is 0.148. The van der Waals surface area contributed by atoms with E-state index in [1.807, 2.05) is 25.1 Å². The van der Waals surface area contributed by atoms with Crippen LogP contribution in [0.3, 0.4) is 0 Å². The molecule has 3 rings (SSSR count). The highest BCUT2D eigenvalue weighted by Gasteiger charge is 2.50. The van der Waals surface area contributed by atoms with Crippen molar-refractivity contribution < 1.29 is 14.0 Å². The van der Waals surface area contributed by atoms with Gasteiger partial charge >= 0.3 is 0 Å². The van der Waals surface area contributed by atoms with Crippen LogP contribution < -0.4 is 10.4 Å². The zero-order valence-corrected chi connectivity index (χ0v) is 23.2. The molecule has 2 aromatic carbocycles. The van der Waals surface area contributed by atoms with Crippen molar-refractivity contribution >= 4 is 24.5 Å². The Morgan fingerprint density at radius 2 is 1.64 bits per heavy atom. The van der Waals surface area contributed by atoms with Gasteiger partial charge < -0.3 is 9.16 Å². The van der Waals surface area contributed by atoms with E-state index in [0.29, 0.717) is 6.61 Å². The molecule has 0 amide bonds. The molecule has 1 aliphatic rings. The lowest BCUT2D eigenvalue weighted by molar-refractivity contribution is -0.119. The van der Waals surface area contributed by atoms with Crippen LogP contribution in [0.15, 0.2) is 97.1 Å². The standard InChI is InChI=1S/C32H38O3Si/c1-7-15-25(3)30-22-21-27(35-31(30)23-26(33)16-8-2)24-34-36(32(4,5)6,28-17-11-9-12-18-28)29-19-13-10-14-20-29/h7,9-15,17-22,27,30-31H,1,23-24H2,2-6H3/b25-15-/t27-,30+,31+/m0/s1. The van der Waals surface area contributed by atoms with E-state index >= 15 is 0 Å². The smallest absolute Gasteiger partial charge is 0.261 e. The molecule has 4 heteroatoms. The van der Waals surface area contributed by atoms with E-state index in [9.17, 15) is 4.79 Å². The summed E-state index contributed by atoms with van der Waals surface area (Å²) in [7, 11) is -2.68. The predicted molar refractivity (Wildman–Crippen MR) is 152 cm³/mol. The molecule has 0 aromatic heterocycles. The number of rotatable bonds is 9. The molecule has 0 radical (unpaired) electrons. The van der Waals surface area contributed by atoms with Crippen molar-refractivity contribution in [2.45, 2.75) is 58.3 Å². The van der Waals surface area contributed by atoms with Crippen molar-refractivity contribution in [2.75, 3.05) is 6.61 Å². The summed E-state index contributed by atoms with van der Waals surface area (Å²) in [5.74, 6) is 5.26. The van der Waals surface area contributed by atoms with E-state index in [0.717, 1.165) is 5.57 Å². The van der Waals surface area contributed by atoms with Gasteiger partial charge in [-0.1, -0.05) is 124 Å². The van der Waals surface area contributed by atoms with Crippen molar-refractivity contribution in [2.24, 2.45) is 5.92 Å². The predicted octanol–water partition coefficient (Wildman–Crippen LogP) is 5.62. The maximum absolute atomic E-state index is 12.4. The molecule has 36 heavy (non-hydrogen) atoms. The molecule has 0 aliphatic carbocycles. The van der Waals surface area contributed by atoms with Gasteiger partial charge in [0.2, 0.25) is 5.78 Å². The first-order valence-electron chi connectivity index (χ1n) is 12.6. The fraction of sp³-hybridized carbons (Fsp3) is 0.344. The van der Waals surface area contributed by atoms with Crippen molar-refractivity contribution in [3.8, 4) is 11.8 Å². The summed E-state index contributed by atoms with van der Waals surface area (Å²) in [5, 5.41) is 2.35. The molecule has 0 bridgehead atoms. The summed E-state index contributed by atoms with van der Waals surface area (Å²) in [6.45, 7) is 14.7. The fourth-order valence-electron chi connectivity index (χ4n) is 5.08. The summed E-state index contributed by atoms with van der Waals surface area (Å²) in [5.41, 5.74) is 1.11. The van der Waals surface area contributed by atoms with Gasteiger partial charge in [0.15, 0.2) is 0 Å². The highest BCUT2D eigenvalue weighted by atomic mass is 28.4. The molecule has 0 saturated carbocycles. The SMILES string of the molecule is C=C/C=C(/C)[C@H]1C=C[C@@H](CO[Si](c2ccccc2)(c2ccccc2)C(C)(C)C)O[C@@H]1CC(=O)C#CC. The summed E-state index contributed by atoms with van der Waals surface area (Å²) in [6, 6.07) is 21.2. The summed E-state index contributed by atoms with van der Waals surface area (Å²) >= 11 is 0. The Bertz CT molecular complexity index is 1110. The topological polar surface area (TPSA) is 35.5 Å². The Labute approximate surface area is 218 Å². The maximum atomic E-state index is 12.4. The van der Waals surface area contributed by atoms with Crippen molar-refractivity contribution in [3.63, 3.8) is 0 Å². The van der Waals surface area contributed by atoms with Gasteiger partial charge in [-0.2, -0.15) is 0 Å². The number of ketones is 1. The van der Waals surface area contributed by atoms with Gasteiger partial charge in [-0.3, -0.25) is 4.79 Å². The molecular weight excluding hydrogens is 460 g/mol. The van der Waals surface area contributed by atoms with Gasteiger partial charge in [-0.05, 0) is 35.2 Å². The summed E-state index contributed by atoms with van der Waals surface area (Å²) in [4.78, 5) is 12.4. The second-order valence-corrected chi connectivity index (χ2v) is 14.6. The average Bonchev–Trinajstić information content (AvgIpc) is 2.85. The molecule has 0 fully saturated rings. The van der Waals surface area contributed by atoms with E-state index in [4.69, 9.17) is 9.16 Å². The Kier molecular flexibility index (Phi) is 9.45. The van der Waals surface area contributed by atoms with Gasteiger partial charge in [0.05, 0.1) is 18.8 Å². The van der Waals surface area contributed by atoms with E-state index in [1.54, 1.807) is 13.0 Å². The molecule has 0 N–H and O–H groups in total. The Balaban J connectivity index is 1.96. The number of ether oxygens (including phenoxy) is 1. The van der Waals surface area contributed by atoms with Crippen LogP contribution in [0.4, 0.5) is 0 Å². The minimum absolute atomic E-state index is 0.00489. The second-order valence-electron chi connectivity index (χ2n) is 10.2. The Morgan fingerprint density at radius 1 is 1.06 bits per heavy atom. The lowest BCUT2D eigenvalue weighted by Crippen LogP contribution is -2.67. The molecule has 0 saturated heterocycles. The van der Waals surface area contributed by atoms with Crippen LogP contribution in [0.1, 0.15) is 41.0 Å². The molecule has 0 unspecified atom stereocenters. The highest BCUT2D eigenvalue weighted by molar-refractivity contribution is 6.99. The van der Waals surface area contributed by atoms with Crippen molar-refractivity contribution in [1.82, 2.24) is 0 Å². The minimum Gasteiger partial charge on any atom is -0.404 e. The molecule has 1 aliphatic heterocycles. The van der Waals surface area contributed by atoms with Gasteiger partial charge in [0, 0.05) is 12.3 Å². The lowest BCUT2D eigenvalue weighted by atomic mass is 9.88. The van der Waals surface area contributed by atoms with Crippen LogP contribution in [0.2, 0.25) is 5.04 Å². The van der Waals surface area contributed by atoms with Crippen LogP contribution in [0.5, 0.6) is 0 Å². The molecule has 0 spiro atoms. The molecule has 1 heterocycles. The number of hydrogen-bond acceptors (Lipinski definition) is 3. The highest BCUT2D eigenvalue weighted by Crippen LogP contribution is 2.37. The fourth-order valence-corrected chi connectivity index (χ4v) is 9.65. The molecule has 3 nitrogen and oxygen atoms in total. The first-order valence-corrected chi connectivity index (χ1v) is 14.5. The van der Waals surface area contributed by atoms with Crippen molar-refractivity contribution in [3.05, 3.63) is 97.1 Å². The van der Waals surface area contributed by atoms with Crippen LogP contribution in [0.25, 0.3) is 0 Å². The Hall–Kier alpha value is -2.97. The monoisotopic (exact) mass is 498 g/mol. The van der Waals surface area contributed by atoms with Crippen molar-refractivity contribution in [1.29, 1.82) is 0 Å². The number of allylic oxidation sites excluding steroid dienone is 2. The molecule has 2 aromatic rings. The van der Waals surface area contributed by atoms with Crippen LogP contribution in [-0.4, -0.2) is 32.9 Å². The number of carbonyl (C=O) groups excluding carboxylic acids is 1. The third kappa shape index (κ3) is 6.23. The molecular formula is C32H38O3Si. The first-order chi connectivity index (χ1) is 17.2. The van der Waals surface area contributed by atoms with Gasteiger partial charge in [0.1, 0.15) is 0 Å². The van der Waals surface area contributed by atoms with Crippen LogP contribution in [0, 0.1) is 17.8 Å². The second kappa shape index (κ2) is 12.3. The molecule has 188 valence electrons. The van der Waals surface area contributed by atoms with E-state index < -0.39 is 8.32 Å². The lowest BCUT2D eigenvalue weighted by Gasteiger charge is -2.44. The number of benzene rings is 2. The van der Waals surface area contributed by atoms with E-state index in [2.05, 4.69) is 99.9 Å². The van der Waals surface area contributed by atoms with Crippen LogP contribution >= 0.6 is 0 Å². The molecule has 3 atom stereocenters. The van der Waals surface area contributed by atoms with Gasteiger partial charge in [0.25, 0.3) is 8.32 Å². The zero-order valence-electron chi connectivity index (χ0n) is 22.2. The number of hydrogen-bond donors (Lipinski definition) is 0. The third-order valence-corrected chi connectivity index (χ3v) is 11.7. The zero-order chi connectivity index (χ0) is 26.2.